The number of nitrogens with zero attached hydrogens (tertiary/aromatic N) is 4. The Kier molecular flexibility index (Phi) is 11.0. The zero-order valence-corrected chi connectivity index (χ0v) is 21.3. The average molecular weight is 548 g/mol. The van der Waals surface area contributed by atoms with Crippen molar-refractivity contribution in [3.63, 3.8) is 0 Å². The van der Waals surface area contributed by atoms with E-state index in [1.165, 1.54) is 11.1 Å². The third-order valence-corrected chi connectivity index (χ3v) is 5.14. The van der Waals surface area contributed by atoms with Crippen molar-refractivity contribution in [1.29, 1.82) is 0 Å². The molecule has 172 valence electrons. The first-order valence-corrected chi connectivity index (χ1v) is 10.8. The molecule has 1 atom stereocenters. The van der Waals surface area contributed by atoms with Crippen LogP contribution in [-0.2, 0) is 19.4 Å². The van der Waals surface area contributed by atoms with Crippen LogP contribution in [0.2, 0.25) is 0 Å². The van der Waals surface area contributed by atoms with Crippen LogP contribution in [0, 0.1) is 0 Å². The average Bonchev–Trinajstić information content (AvgIpc) is 3.27. The molecule has 7 nitrogen and oxygen atoms in total. The maximum Gasteiger partial charge on any atom is 0.191 e. The van der Waals surface area contributed by atoms with Crippen LogP contribution in [0.5, 0.6) is 5.75 Å². The van der Waals surface area contributed by atoms with Gasteiger partial charge in [-0.25, -0.2) is 0 Å². The lowest BCUT2D eigenvalue weighted by atomic mass is 10.1. The Morgan fingerprint density at radius 3 is 2.56 bits per heavy atom. The molecule has 0 amide bonds. The molecule has 0 saturated carbocycles. The number of aliphatic imine (C=N–C) groups is 1. The minimum Gasteiger partial charge on any atom is -0.497 e. The summed E-state index contributed by atoms with van der Waals surface area (Å²) in [6.07, 6.45) is 3.51. The van der Waals surface area contributed by atoms with Gasteiger partial charge in [-0.15, -0.1) is 34.2 Å². The molecule has 1 unspecified atom stereocenters. The maximum atomic E-state index is 5.23. The number of nitrogens with one attached hydrogen (secondary N) is 2. The molecule has 0 aliphatic carbocycles. The summed E-state index contributed by atoms with van der Waals surface area (Å²) in [7, 11) is 1.68. The van der Waals surface area contributed by atoms with Crippen LogP contribution in [0.25, 0.3) is 0 Å². The molecule has 0 aliphatic heterocycles. The van der Waals surface area contributed by atoms with Gasteiger partial charge in [-0.2, -0.15) is 0 Å². The summed E-state index contributed by atoms with van der Waals surface area (Å²) in [5.74, 6) is 2.66. The Morgan fingerprint density at radius 1 is 1.12 bits per heavy atom. The van der Waals surface area contributed by atoms with E-state index >= 15 is 0 Å². The highest BCUT2D eigenvalue weighted by molar-refractivity contribution is 14.0. The minimum absolute atomic E-state index is 0. The van der Waals surface area contributed by atoms with Crippen molar-refractivity contribution in [1.82, 2.24) is 25.4 Å². The molecular weight excluding hydrogens is 515 g/mol. The fourth-order valence-electron chi connectivity index (χ4n) is 3.31. The van der Waals surface area contributed by atoms with Crippen molar-refractivity contribution in [2.45, 2.75) is 39.3 Å². The van der Waals surface area contributed by atoms with Gasteiger partial charge in [0.25, 0.3) is 0 Å². The molecule has 2 aromatic carbocycles. The van der Waals surface area contributed by atoms with Crippen LogP contribution in [0.3, 0.4) is 0 Å². The van der Waals surface area contributed by atoms with Gasteiger partial charge in [0, 0.05) is 26.1 Å². The highest BCUT2D eigenvalue weighted by Crippen LogP contribution is 2.12. The van der Waals surface area contributed by atoms with Crippen LogP contribution in [0.4, 0.5) is 0 Å². The monoisotopic (exact) mass is 548 g/mol. The van der Waals surface area contributed by atoms with Crippen molar-refractivity contribution in [3.05, 3.63) is 77.9 Å². The van der Waals surface area contributed by atoms with Crippen molar-refractivity contribution in [2.75, 3.05) is 20.2 Å². The summed E-state index contributed by atoms with van der Waals surface area (Å²) in [6.45, 7) is 6.44. The van der Waals surface area contributed by atoms with Gasteiger partial charge >= 0.3 is 0 Å². The predicted octanol–water partition coefficient (Wildman–Crippen LogP) is 4.01. The smallest absolute Gasteiger partial charge is 0.191 e. The Bertz CT molecular complexity index is 943. The molecule has 0 saturated heterocycles. The van der Waals surface area contributed by atoms with Gasteiger partial charge in [0.05, 0.1) is 13.2 Å². The SMILES string of the molecule is CCc1nncn1CCNC(=NCCc1ccc(OC)cc1)NC(C)c1ccccc1.I. The van der Waals surface area contributed by atoms with Crippen LogP contribution in [0.1, 0.15) is 36.8 Å². The second-order valence-corrected chi connectivity index (χ2v) is 7.33. The number of ether oxygens (including phenoxy) is 1. The van der Waals surface area contributed by atoms with Gasteiger partial charge in [0.15, 0.2) is 5.96 Å². The molecular formula is C24H33IN6O. The van der Waals surface area contributed by atoms with Crippen LogP contribution < -0.4 is 15.4 Å². The molecule has 3 aromatic rings. The third-order valence-electron chi connectivity index (χ3n) is 5.14. The Hall–Kier alpha value is -2.62. The summed E-state index contributed by atoms with van der Waals surface area (Å²) in [5.41, 5.74) is 2.45. The summed E-state index contributed by atoms with van der Waals surface area (Å²) >= 11 is 0. The quantitative estimate of drug-likeness (QED) is 0.228. The first-order chi connectivity index (χ1) is 15.2. The number of hydrogen-bond donors (Lipinski definition) is 2. The van der Waals surface area contributed by atoms with Crippen molar-refractivity contribution in [3.8, 4) is 5.75 Å². The van der Waals surface area contributed by atoms with Crippen LogP contribution >= 0.6 is 24.0 Å². The van der Waals surface area contributed by atoms with Gasteiger partial charge in [-0.3, -0.25) is 4.99 Å². The van der Waals surface area contributed by atoms with E-state index in [4.69, 9.17) is 9.73 Å². The number of methoxy groups -OCH3 is 1. The van der Waals surface area contributed by atoms with Gasteiger partial charge in [0.2, 0.25) is 0 Å². The molecule has 0 bridgehead atoms. The lowest BCUT2D eigenvalue weighted by Crippen LogP contribution is -2.40. The summed E-state index contributed by atoms with van der Waals surface area (Å²) in [4.78, 5) is 4.81. The number of guanidine groups is 1. The fourth-order valence-corrected chi connectivity index (χ4v) is 3.31. The fraction of sp³-hybridized carbons (Fsp3) is 0.375. The standard InChI is InChI=1S/C24H32N6O.HI/c1-4-23-29-27-18-30(23)17-16-26-24(28-19(2)21-8-6-5-7-9-21)25-15-14-20-10-12-22(31-3)13-11-20;/h5-13,18-19H,4,14-17H2,1-3H3,(H2,25,26,28);1H. The number of hydrogen-bond acceptors (Lipinski definition) is 4. The normalized spacial score (nSPS) is 12.0. The second-order valence-electron chi connectivity index (χ2n) is 7.33. The number of benzene rings is 2. The number of halogens is 1. The van der Waals surface area contributed by atoms with E-state index in [0.717, 1.165) is 43.5 Å². The molecule has 0 spiro atoms. The first-order valence-electron chi connectivity index (χ1n) is 10.8. The minimum atomic E-state index is 0. The molecule has 2 N–H and O–H groups in total. The van der Waals surface area contributed by atoms with E-state index in [1.807, 2.05) is 18.2 Å². The number of aromatic nitrogens is 3. The van der Waals surface area contributed by atoms with Crippen molar-refractivity contribution < 1.29 is 4.74 Å². The highest BCUT2D eigenvalue weighted by atomic mass is 127. The van der Waals surface area contributed by atoms with E-state index in [2.05, 4.69) is 75.6 Å². The first kappa shape index (κ1) is 25.6. The van der Waals surface area contributed by atoms with E-state index < -0.39 is 0 Å². The molecule has 3 rings (SSSR count). The highest BCUT2D eigenvalue weighted by Gasteiger charge is 2.08. The van der Waals surface area contributed by atoms with E-state index in [0.29, 0.717) is 6.54 Å². The predicted molar refractivity (Wildman–Crippen MR) is 140 cm³/mol. The van der Waals surface area contributed by atoms with Gasteiger partial charge in [-0.1, -0.05) is 49.4 Å². The van der Waals surface area contributed by atoms with Crippen molar-refractivity contribution in [2.24, 2.45) is 4.99 Å². The number of rotatable bonds is 10. The van der Waals surface area contributed by atoms with Gasteiger partial charge in [-0.05, 0) is 36.6 Å². The second kappa shape index (κ2) is 13.7. The molecule has 1 heterocycles. The van der Waals surface area contributed by atoms with Crippen LogP contribution in [-0.4, -0.2) is 40.9 Å². The third kappa shape index (κ3) is 7.81. The van der Waals surface area contributed by atoms with E-state index in [1.54, 1.807) is 13.4 Å². The summed E-state index contributed by atoms with van der Waals surface area (Å²) in [6, 6.07) is 18.7. The molecule has 1 aromatic heterocycles. The lowest BCUT2D eigenvalue weighted by molar-refractivity contribution is 0.414. The summed E-state index contributed by atoms with van der Waals surface area (Å²) < 4.78 is 7.30. The molecule has 0 radical (unpaired) electrons. The maximum absolute atomic E-state index is 5.23. The molecule has 32 heavy (non-hydrogen) atoms. The largest absolute Gasteiger partial charge is 0.497 e. The van der Waals surface area contributed by atoms with E-state index in [-0.39, 0.29) is 30.0 Å². The van der Waals surface area contributed by atoms with Crippen molar-refractivity contribution >= 4 is 29.9 Å². The van der Waals surface area contributed by atoms with E-state index in [9.17, 15) is 0 Å². The number of aryl methyl sites for hydroxylation is 1. The zero-order chi connectivity index (χ0) is 21.9. The zero-order valence-electron chi connectivity index (χ0n) is 19.0. The van der Waals surface area contributed by atoms with Gasteiger partial charge in [0.1, 0.15) is 17.9 Å². The topological polar surface area (TPSA) is 76.4 Å². The summed E-state index contributed by atoms with van der Waals surface area (Å²) in [5, 5.41) is 15.1. The molecule has 0 fully saturated rings. The molecule has 0 aliphatic rings. The van der Waals surface area contributed by atoms with Gasteiger partial charge < -0.3 is 19.9 Å². The Morgan fingerprint density at radius 2 is 1.88 bits per heavy atom. The Labute approximate surface area is 207 Å². The molecule has 8 heteroatoms. The lowest BCUT2D eigenvalue weighted by Gasteiger charge is -2.19. The Balaban J connectivity index is 0.00000363. The van der Waals surface area contributed by atoms with Crippen LogP contribution in [0.15, 0.2) is 65.9 Å².